The summed E-state index contributed by atoms with van der Waals surface area (Å²) in [5.41, 5.74) is 3.84. The van der Waals surface area contributed by atoms with Crippen LogP contribution in [0.15, 0.2) is 115 Å². The molecule has 2 amide bonds. The predicted octanol–water partition coefficient (Wildman–Crippen LogP) is 5.24. The minimum absolute atomic E-state index is 0.174. The second-order valence-electron chi connectivity index (χ2n) is 10.1. The molecule has 0 saturated carbocycles. The van der Waals surface area contributed by atoms with Gasteiger partial charge in [0, 0.05) is 13.1 Å². The van der Waals surface area contributed by atoms with Gasteiger partial charge in [-0.2, -0.15) is 0 Å². The van der Waals surface area contributed by atoms with Crippen molar-refractivity contribution in [1.29, 1.82) is 0 Å². The minimum atomic E-state index is -0.690. The van der Waals surface area contributed by atoms with Gasteiger partial charge in [-0.05, 0) is 60.8 Å². The largest absolute Gasteiger partial charge is 0.508 e. The summed E-state index contributed by atoms with van der Waals surface area (Å²) in [5.74, 6) is -0.796. The third-order valence-electron chi connectivity index (χ3n) is 6.89. The summed E-state index contributed by atoms with van der Waals surface area (Å²) >= 11 is 0. The second-order valence-corrected chi connectivity index (χ2v) is 10.1. The summed E-state index contributed by atoms with van der Waals surface area (Å²) in [6, 6.07) is 35.6. The van der Waals surface area contributed by atoms with Crippen LogP contribution in [0, 0.1) is 0 Å². The molecule has 0 saturated heterocycles. The lowest BCUT2D eigenvalue weighted by atomic mass is 9.90. The molecule has 0 fully saturated rings. The highest BCUT2D eigenvalue weighted by Gasteiger charge is 2.27. The van der Waals surface area contributed by atoms with Gasteiger partial charge in [0.05, 0.1) is 5.92 Å². The molecule has 6 nitrogen and oxygen atoms in total. The molecule has 4 aromatic rings. The maximum atomic E-state index is 13.8. The lowest BCUT2D eigenvalue weighted by Gasteiger charge is -2.24. The van der Waals surface area contributed by atoms with Gasteiger partial charge in [0.2, 0.25) is 11.8 Å². The van der Waals surface area contributed by atoms with Crippen LogP contribution in [0.4, 0.5) is 0 Å². The molecule has 1 unspecified atom stereocenters. The number of carbonyl (C=O) groups excluding carboxylic acids is 2. The van der Waals surface area contributed by atoms with Crippen molar-refractivity contribution >= 4 is 11.8 Å². The van der Waals surface area contributed by atoms with Crippen LogP contribution in [0.2, 0.25) is 0 Å². The Bertz CT molecular complexity index is 1290. The molecular weight excluding hydrogens is 498 g/mol. The number of aromatic hydroxyl groups is 1. The van der Waals surface area contributed by atoms with Crippen LogP contribution in [0.5, 0.6) is 5.75 Å². The minimum Gasteiger partial charge on any atom is -0.508 e. The van der Waals surface area contributed by atoms with Crippen LogP contribution in [0.3, 0.4) is 0 Å². The molecule has 0 radical (unpaired) electrons. The van der Waals surface area contributed by atoms with Gasteiger partial charge in [-0.3, -0.25) is 9.59 Å². The highest BCUT2D eigenvalue weighted by atomic mass is 16.3. The molecule has 0 heterocycles. The number of rotatable bonds is 13. The van der Waals surface area contributed by atoms with E-state index in [1.165, 1.54) is 5.56 Å². The first-order chi connectivity index (χ1) is 19.5. The van der Waals surface area contributed by atoms with Crippen LogP contribution in [0.1, 0.15) is 41.0 Å². The SMILES string of the molecule is CN(CCCC(NC(=O)C(c1ccccc1)c1ccccc1)C(=O)NCc1ccc(O)cc1)Cc1ccccc1. The molecule has 0 aliphatic rings. The lowest BCUT2D eigenvalue weighted by Crippen LogP contribution is -2.48. The van der Waals surface area contributed by atoms with E-state index in [1.54, 1.807) is 24.3 Å². The molecule has 0 bridgehead atoms. The Balaban J connectivity index is 1.46. The van der Waals surface area contributed by atoms with Gasteiger partial charge in [-0.1, -0.05) is 103 Å². The summed E-state index contributed by atoms with van der Waals surface area (Å²) < 4.78 is 0. The Kier molecular flexibility index (Phi) is 10.5. The van der Waals surface area contributed by atoms with Crippen LogP contribution < -0.4 is 10.6 Å². The Morgan fingerprint density at radius 3 is 1.85 bits per heavy atom. The molecule has 4 aromatic carbocycles. The van der Waals surface area contributed by atoms with Gasteiger partial charge in [-0.25, -0.2) is 0 Å². The van der Waals surface area contributed by atoms with Crippen LogP contribution in [-0.2, 0) is 22.7 Å². The standard InChI is InChI=1S/C34H37N3O3/c1-37(25-27-12-5-2-6-13-27)23-11-18-31(33(39)35-24-26-19-21-30(38)22-20-26)36-34(40)32(28-14-7-3-8-15-28)29-16-9-4-10-17-29/h2-10,12-17,19-22,31-32,38H,11,18,23-25H2,1H3,(H,35,39)(H,36,40). The van der Waals surface area contributed by atoms with Crippen molar-refractivity contribution in [1.82, 2.24) is 15.5 Å². The first-order valence-electron chi connectivity index (χ1n) is 13.7. The number of amides is 2. The summed E-state index contributed by atoms with van der Waals surface area (Å²) in [4.78, 5) is 29.4. The van der Waals surface area contributed by atoms with E-state index >= 15 is 0 Å². The highest BCUT2D eigenvalue weighted by molar-refractivity contribution is 5.92. The fraction of sp³-hybridized carbons (Fsp3) is 0.235. The number of carbonyl (C=O) groups is 2. The summed E-state index contributed by atoms with van der Waals surface area (Å²) in [7, 11) is 2.06. The van der Waals surface area contributed by atoms with E-state index in [4.69, 9.17) is 0 Å². The fourth-order valence-electron chi connectivity index (χ4n) is 4.78. The third kappa shape index (κ3) is 8.55. The van der Waals surface area contributed by atoms with Crippen molar-refractivity contribution in [3.63, 3.8) is 0 Å². The molecule has 4 rings (SSSR count). The molecule has 40 heavy (non-hydrogen) atoms. The summed E-state index contributed by atoms with van der Waals surface area (Å²) in [6.07, 6.45) is 1.24. The fourth-order valence-corrected chi connectivity index (χ4v) is 4.78. The van der Waals surface area contributed by atoms with Crippen molar-refractivity contribution in [2.75, 3.05) is 13.6 Å². The van der Waals surface area contributed by atoms with E-state index < -0.39 is 12.0 Å². The third-order valence-corrected chi connectivity index (χ3v) is 6.89. The Morgan fingerprint density at radius 2 is 1.27 bits per heavy atom. The van der Waals surface area contributed by atoms with Crippen molar-refractivity contribution < 1.29 is 14.7 Å². The summed E-state index contributed by atoms with van der Waals surface area (Å²) in [5, 5.41) is 15.6. The Morgan fingerprint density at radius 1 is 0.725 bits per heavy atom. The molecule has 0 aliphatic carbocycles. The van der Waals surface area contributed by atoms with E-state index in [2.05, 4.69) is 34.7 Å². The van der Waals surface area contributed by atoms with Crippen molar-refractivity contribution in [2.45, 2.75) is 37.9 Å². The van der Waals surface area contributed by atoms with E-state index in [9.17, 15) is 14.7 Å². The van der Waals surface area contributed by atoms with Crippen molar-refractivity contribution in [3.8, 4) is 5.75 Å². The lowest BCUT2D eigenvalue weighted by molar-refractivity contribution is -0.129. The van der Waals surface area contributed by atoms with Crippen LogP contribution in [-0.4, -0.2) is 41.5 Å². The number of phenolic OH excluding ortho intramolecular Hbond substituents is 1. The van der Waals surface area contributed by atoms with Crippen LogP contribution in [0.25, 0.3) is 0 Å². The zero-order chi connectivity index (χ0) is 28.2. The molecule has 206 valence electrons. The predicted molar refractivity (Wildman–Crippen MR) is 159 cm³/mol. The van der Waals surface area contributed by atoms with Gasteiger partial charge in [-0.15, -0.1) is 0 Å². The number of hydrogen-bond donors (Lipinski definition) is 3. The highest BCUT2D eigenvalue weighted by Crippen LogP contribution is 2.25. The number of benzene rings is 4. The number of nitrogens with zero attached hydrogens (tertiary/aromatic N) is 1. The zero-order valence-electron chi connectivity index (χ0n) is 22.9. The second kappa shape index (κ2) is 14.7. The quantitative estimate of drug-likeness (QED) is 0.219. The molecule has 1 atom stereocenters. The van der Waals surface area contributed by atoms with Gasteiger partial charge in [0.25, 0.3) is 0 Å². The molecule has 0 aliphatic heterocycles. The Hall–Kier alpha value is -4.42. The van der Waals surface area contributed by atoms with Crippen molar-refractivity contribution in [3.05, 3.63) is 138 Å². The van der Waals surface area contributed by atoms with Gasteiger partial charge in [0.1, 0.15) is 11.8 Å². The number of hydrogen-bond acceptors (Lipinski definition) is 4. The topological polar surface area (TPSA) is 81.7 Å². The monoisotopic (exact) mass is 535 g/mol. The molecular formula is C34H37N3O3. The van der Waals surface area contributed by atoms with E-state index in [1.807, 2.05) is 78.9 Å². The average molecular weight is 536 g/mol. The van der Waals surface area contributed by atoms with Crippen LogP contribution >= 0.6 is 0 Å². The number of phenols is 1. The smallest absolute Gasteiger partial charge is 0.242 e. The molecule has 3 N–H and O–H groups in total. The molecule has 0 aromatic heterocycles. The molecule has 6 heteroatoms. The molecule has 0 spiro atoms. The maximum absolute atomic E-state index is 13.8. The first-order valence-corrected chi connectivity index (χ1v) is 13.7. The number of nitrogens with one attached hydrogen (secondary N) is 2. The maximum Gasteiger partial charge on any atom is 0.242 e. The average Bonchev–Trinajstić information content (AvgIpc) is 2.98. The van der Waals surface area contributed by atoms with Gasteiger partial charge in [0.15, 0.2) is 0 Å². The first kappa shape index (κ1) is 28.6. The van der Waals surface area contributed by atoms with E-state index in [0.29, 0.717) is 13.0 Å². The van der Waals surface area contributed by atoms with Gasteiger partial charge < -0.3 is 20.6 Å². The Labute approximate surface area is 236 Å². The van der Waals surface area contributed by atoms with Crippen molar-refractivity contribution in [2.24, 2.45) is 0 Å². The summed E-state index contributed by atoms with van der Waals surface area (Å²) in [6.45, 7) is 1.91. The van der Waals surface area contributed by atoms with E-state index in [-0.39, 0.29) is 17.6 Å². The van der Waals surface area contributed by atoms with Gasteiger partial charge >= 0.3 is 0 Å². The zero-order valence-corrected chi connectivity index (χ0v) is 22.9. The van der Waals surface area contributed by atoms with E-state index in [0.717, 1.165) is 36.2 Å². The normalized spacial score (nSPS) is 11.8.